The van der Waals surface area contributed by atoms with Crippen LogP contribution in [0.1, 0.15) is 30.0 Å². The van der Waals surface area contributed by atoms with Crippen molar-refractivity contribution >= 4 is 0 Å². The fourth-order valence-corrected chi connectivity index (χ4v) is 3.38. The Morgan fingerprint density at radius 2 is 2.04 bits per heavy atom. The highest BCUT2D eigenvalue weighted by Gasteiger charge is 2.25. The smallest absolute Gasteiger partial charge is 0.160 e. The summed E-state index contributed by atoms with van der Waals surface area (Å²) in [5.74, 6) is 1.28. The van der Waals surface area contributed by atoms with Crippen molar-refractivity contribution in [2.75, 3.05) is 13.1 Å². The van der Waals surface area contributed by atoms with Crippen LogP contribution in [0.5, 0.6) is 0 Å². The van der Waals surface area contributed by atoms with Gasteiger partial charge in [0.05, 0.1) is 5.69 Å². The number of aromatic nitrogens is 5. The number of hydrogen-bond acceptors (Lipinski definition) is 5. The third-order valence-corrected chi connectivity index (χ3v) is 4.48. The van der Waals surface area contributed by atoms with E-state index < -0.39 is 0 Å². The third kappa shape index (κ3) is 3.19. The standard InChI is InChI=1S/C18H20N6/c1-3-15(11-19-5-1)12-23-9-2-4-16(13-23)17-18(22-7-6-21-17)24-10-8-20-14-24/h1,3,5-8,10-11,14,16H,2,4,9,12-13H2/t16-/m1/s1. The molecule has 4 heterocycles. The Morgan fingerprint density at radius 3 is 2.88 bits per heavy atom. The molecule has 0 N–H and O–H groups in total. The summed E-state index contributed by atoms with van der Waals surface area (Å²) >= 11 is 0. The van der Waals surface area contributed by atoms with Gasteiger partial charge in [-0.3, -0.25) is 19.4 Å². The van der Waals surface area contributed by atoms with Crippen molar-refractivity contribution in [3.63, 3.8) is 0 Å². The average molecular weight is 320 g/mol. The molecule has 4 rings (SSSR count). The molecule has 1 saturated heterocycles. The van der Waals surface area contributed by atoms with Crippen LogP contribution in [-0.4, -0.2) is 42.5 Å². The van der Waals surface area contributed by atoms with E-state index in [1.807, 2.05) is 29.2 Å². The largest absolute Gasteiger partial charge is 0.298 e. The second-order valence-corrected chi connectivity index (χ2v) is 6.17. The molecule has 6 heteroatoms. The van der Waals surface area contributed by atoms with E-state index in [0.717, 1.165) is 37.6 Å². The van der Waals surface area contributed by atoms with Gasteiger partial charge in [-0.05, 0) is 31.0 Å². The minimum atomic E-state index is 0.390. The molecule has 0 saturated carbocycles. The molecule has 3 aromatic heterocycles. The highest BCUT2D eigenvalue weighted by molar-refractivity contribution is 5.31. The fourth-order valence-electron chi connectivity index (χ4n) is 3.38. The molecule has 24 heavy (non-hydrogen) atoms. The van der Waals surface area contributed by atoms with Gasteiger partial charge in [0, 0.05) is 56.2 Å². The molecule has 3 aromatic rings. The second-order valence-electron chi connectivity index (χ2n) is 6.17. The van der Waals surface area contributed by atoms with Crippen LogP contribution in [0.3, 0.4) is 0 Å². The number of hydrogen-bond donors (Lipinski definition) is 0. The van der Waals surface area contributed by atoms with Gasteiger partial charge >= 0.3 is 0 Å². The molecular formula is C18H20N6. The number of nitrogens with zero attached hydrogens (tertiary/aromatic N) is 6. The molecule has 0 amide bonds. The number of imidazole rings is 1. The lowest BCUT2D eigenvalue weighted by atomic mass is 9.94. The van der Waals surface area contributed by atoms with Crippen LogP contribution in [0.25, 0.3) is 5.82 Å². The van der Waals surface area contributed by atoms with E-state index in [0.29, 0.717) is 5.92 Å². The Hall–Kier alpha value is -2.60. The van der Waals surface area contributed by atoms with Gasteiger partial charge in [-0.2, -0.15) is 0 Å². The van der Waals surface area contributed by atoms with Gasteiger partial charge in [0.25, 0.3) is 0 Å². The molecule has 1 atom stereocenters. The Balaban J connectivity index is 1.55. The molecule has 6 nitrogen and oxygen atoms in total. The zero-order valence-corrected chi connectivity index (χ0v) is 13.5. The van der Waals surface area contributed by atoms with Gasteiger partial charge in [0.1, 0.15) is 6.33 Å². The number of piperidine rings is 1. The fraction of sp³-hybridized carbons (Fsp3) is 0.333. The summed E-state index contributed by atoms with van der Waals surface area (Å²) in [5, 5.41) is 0. The van der Waals surface area contributed by atoms with Crippen molar-refractivity contribution in [3.8, 4) is 5.82 Å². The van der Waals surface area contributed by atoms with Crippen LogP contribution in [0.15, 0.2) is 55.6 Å². The zero-order chi connectivity index (χ0) is 16.2. The maximum atomic E-state index is 4.65. The molecule has 1 aliphatic heterocycles. The van der Waals surface area contributed by atoms with E-state index in [4.69, 9.17) is 0 Å². The van der Waals surface area contributed by atoms with Gasteiger partial charge in [-0.15, -0.1) is 0 Å². The average Bonchev–Trinajstić information content (AvgIpc) is 3.17. The maximum absolute atomic E-state index is 4.65. The lowest BCUT2D eigenvalue weighted by molar-refractivity contribution is 0.198. The molecule has 0 radical (unpaired) electrons. The number of rotatable bonds is 4. The summed E-state index contributed by atoms with van der Waals surface area (Å²) in [6, 6.07) is 4.13. The molecule has 0 bridgehead atoms. The molecule has 1 fully saturated rings. The van der Waals surface area contributed by atoms with Gasteiger partial charge in [0.2, 0.25) is 0 Å². The van der Waals surface area contributed by atoms with Crippen molar-refractivity contribution in [1.29, 1.82) is 0 Å². The molecular weight excluding hydrogens is 300 g/mol. The lowest BCUT2D eigenvalue weighted by Gasteiger charge is -2.32. The summed E-state index contributed by atoms with van der Waals surface area (Å²) < 4.78 is 1.95. The van der Waals surface area contributed by atoms with Crippen LogP contribution >= 0.6 is 0 Å². The minimum Gasteiger partial charge on any atom is -0.298 e. The summed E-state index contributed by atoms with van der Waals surface area (Å²) in [5.41, 5.74) is 2.32. The van der Waals surface area contributed by atoms with Crippen LogP contribution in [0, 0.1) is 0 Å². The van der Waals surface area contributed by atoms with E-state index in [-0.39, 0.29) is 0 Å². The van der Waals surface area contributed by atoms with E-state index in [1.165, 1.54) is 12.0 Å². The highest BCUT2D eigenvalue weighted by Crippen LogP contribution is 2.29. The van der Waals surface area contributed by atoms with Gasteiger partial charge in [-0.1, -0.05) is 6.07 Å². The van der Waals surface area contributed by atoms with Crippen molar-refractivity contribution < 1.29 is 0 Å². The van der Waals surface area contributed by atoms with Crippen LogP contribution < -0.4 is 0 Å². The topological polar surface area (TPSA) is 59.7 Å². The van der Waals surface area contributed by atoms with E-state index in [2.05, 4.69) is 30.9 Å². The number of likely N-dealkylation sites (tertiary alicyclic amines) is 1. The van der Waals surface area contributed by atoms with Crippen LogP contribution in [0.4, 0.5) is 0 Å². The molecule has 122 valence electrons. The van der Waals surface area contributed by atoms with Crippen molar-refractivity contribution in [1.82, 2.24) is 29.4 Å². The minimum absolute atomic E-state index is 0.390. The molecule has 0 unspecified atom stereocenters. The Labute approximate surface area is 141 Å². The molecule has 0 aliphatic carbocycles. The third-order valence-electron chi connectivity index (χ3n) is 4.48. The SMILES string of the molecule is c1cncc(CN2CCC[C@@H](c3nccnc3-n3ccnc3)C2)c1. The Morgan fingerprint density at radius 1 is 1.08 bits per heavy atom. The van der Waals surface area contributed by atoms with E-state index in [9.17, 15) is 0 Å². The maximum Gasteiger partial charge on any atom is 0.160 e. The van der Waals surface area contributed by atoms with Crippen molar-refractivity contribution in [2.24, 2.45) is 0 Å². The predicted octanol–water partition coefficient (Wildman–Crippen LogP) is 2.44. The van der Waals surface area contributed by atoms with Gasteiger partial charge in [0.15, 0.2) is 5.82 Å². The van der Waals surface area contributed by atoms with Crippen LogP contribution in [-0.2, 0) is 6.54 Å². The Bertz CT molecular complexity index is 771. The predicted molar refractivity (Wildman–Crippen MR) is 90.6 cm³/mol. The van der Waals surface area contributed by atoms with Gasteiger partial charge in [-0.25, -0.2) is 9.97 Å². The first kappa shape index (κ1) is 15.0. The summed E-state index contributed by atoms with van der Waals surface area (Å²) in [6.07, 6.45) is 15.1. The molecule has 0 aromatic carbocycles. The molecule has 0 spiro atoms. The normalized spacial score (nSPS) is 18.6. The first-order chi connectivity index (χ1) is 11.9. The zero-order valence-electron chi connectivity index (χ0n) is 13.5. The first-order valence-electron chi connectivity index (χ1n) is 8.30. The summed E-state index contributed by atoms with van der Waals surface area (Å²) in [7, 11) is 0. The second kappa shape index (κ2) is 6.88. The van der Waals surface area contributed by atoms with Gasteiger partial charge < -0.3 is 0 Å². The quantitative estimate of drug-likeness (QED) is 0.739. The monoisotopic (exact) mass is 320 g/mol. The summed E-state index contributed by atoms with van der Waals surface area (Å²) in [4.78, 5) is 20.0. The lowest BCUT2D eigenvalue weighted by Crippen LogP contribution is -2.34. The highest BCUT2D eigenvalue weighted by atomic mass is 15.1. The van der Waals surface area contributed by atoms with E-state index >= 15 is 0 Å². The van der Waals surface area contributed by atoms with Crippen molar-refractivity contribution in [2.45, 2.75) is 25.3 Å². The van der Waals surface area contributed by atoms with E-state index in [1.54, 1.807) is 24.9 Å². The number of pyridine rings is 1. The van der Waals surface area contributed by atoms with Crippen LogP contribution in [0.2, 0.25) is 0 Å². The first-order valence-corrected chi connectivity index (χ1v) is 8.30. The summed E-state index contributed by atoms with van der Waals surface area (Å²) in [6.45, 7) is 3.05. The van der Waals surface area contributed by atoms with Crippen molar-refractivity contribution in [3.05, 3.63) is 66.9 Å². The Kier molecular flexibility index (Phi) is 4.29. The molecule has 1 aliphatic rings.